The fourth-order valence-corrected chi connectivity index (χ4v) is 2.69. The lowest BCUT2D eigenvalue weighted by Crippen LogP contribution is -2.22. The van der Waals surface area contributed by atoms with Crippen LogP contribution in [-0.4, -0.2) is 36.1 Å². The number of nitrogen functional groups attached to an aromatic ring is 1. The normalized spacial score (nSPS) is 20.5. The molecule has 0 unspecified atom stereocenters. The minimum atomic E-state index is -0.389. The molecule has 2 fully saturated rings. The van der Waals surface area contributed by atoms with Gasteiger partial charge in [0.1, 0.15) is 5.82 Å². The Kier molecular flexibility index (Phi) is 3.18. The van der Waals surface area contributed by atoms with Crippen LogP contribution in [0.2, 0.25) is 0 Å². The summed E-state index contributed by atoms with van der Waals surface area (Å²) in [5, 5.41) is 4.43. The van der Waals surface area contributed by atoms with Crippen molar-refractivity contribution in [1.82, 2.24) is 9.78 Å². The molecule has 2 N–H and O–H groups in total. The Hall–Kier alpha value is -1.56. The second kappa shape index (κ2) is 4.85. The Morgan fingerprint density at radius 1 is 1.37 bits per heavy atom. The summed E-state index contributed by atoms with van der Waals surface area (Å²) < 4.78 is 12.0. The highest BCUT2D eigenvalue weighted by atomic mass is 16.5. The minimum Gasteiger partial charge on any atom is -0.464 e. The molecule has 1 saturated heterocycles. The van der Waals surface area contributed by atoms with Gasteiger partial charge in [0, 0.05) is 18.8 Å². The van der Waals surface area contributed by atoms with Crippen LogP contribution in [0.3, 0.4) is 0 Å². The van der Waals surface area contributed by atoms with E-state index in [1.165, 1.54) is 7.11 Å². The highest BCUT2D eigenvalue weighted by Gasteiger charge is 2.36. The summed E-state index contributed by atoms with van der Waals surface area (Å²) in [6.45, 7) is 1.44. The molecule has 0 amide bonds. The number of nitrogens with two attached hydrogens (primary N) is 1. The number of hydrogen-bond acceptors (Lipinski definition) is 5. The number of carbonyl (C=O) groups is 1. The van der Waals surface area contributed by atoms with Gasteiger partial charge in [0.15, 0.2) is 5.69 Å². The molecule has 6 nitrogen and oxygen atoms in total. The SMILES string of the molecule is COC(=O)c1nn(C2CCOCC2)c(N)c1C1CC1. The number of methoxy groups -OCH3 is 1. The first-order chi connectivity index (χ1) is 9.22. The van der Waals surface area contributed by atoms with Crippen LogP contribution in [0.15, 0.2) is 0 Å². The first-order valence-corrected chi connectivity index (χ1v) is 6.76. The standard InChI is InChI=1S/C13H19N3O3/c1-18-13(17)11-10(8-2-3-8)12(14)16(15-11)9-4-6-19-7-5-9/h8-9H,2-7,14H2,1H3. The number of carbonyl (C=O) groups excluding carboxylic acids is 1. The Balaban J connectivity index is 1.98. The van der Waals surface area contributed by atoms with Crippen molar-refractivity contribution in [3.63, 3.8) is 0 Å². The number of anilines is 1. The molecule has 104 valence electrons. The number of ether oxygens (including phenoxy) is 2. The van der Waals surface area contributed by atoms with Crippen molar-refractivity contribution in [2.75, 3.05) is 26.1 Å². The predicted molar refractivity (Wildman–Crippen MR) is 69.0 cm³/mol. The fourth-order valence-electron chi connectivity index (χ4n) is 2.69. The summed E-state index contributed by atoms with van der Waals surface area (Å²) in [4.78, 5) is 11.8. The van der Waals surface area contributed by atoms with Gasteiger partial charge in [0.05, 0.1) is 13.2 Å². The van der Waals surface area contributed by atoms with Gasteiger partial charge in [-0.2, -0.15) is 5.10 Å². The maximum atomic E-state index is 11.8. The molecule has 2 heterocycles. The highest BCUT2D eigenvalue weighted by molar-refractivity contribution is 5.90. The zero-order valence-corrected chi connectivity index (χ0v) is 11.1. The quantitative estimate of drug-likeness (QED) is 0.837. The summed E-state index contributed by atoms with van der Waals surface area (Å²) in [7, 11) is 1.38. The molecule has 1 aliphatic heterocycles. The van der Waals surface area contributed by atoms with Crippen LogP contribution in [0.5, 0.6) is 0 Å². The molecule has 0 atom stereocenters. The molecule has 1 saturated carbocycles. The van der Waals surface area contributed by atoms with Crippen molar-refractivity contribution in [2.24, 2.45) is 0 Å². The lowest BCUT2D eigenvalue weighted by atomic mass is 10.1. The molecule has 0 radical (unpaired) electrons. The van der Waals surface area contributed by atoms with Crippen LogP contribution < -0.4 is 5.73 Å². The fraction of sp³-hybridized carbons (Fsp3) is 0.692. The highest BCUT2D eigenvalue weighted by Crippen LogP contribution is 2.45. The van der Waals surface area contributed by atoms with Crippen LogP contribution in [0.1, 0.15) is 53.7 Å². The van der Waals surface area contributed by atoms with Gasteiger partial charge in [-0.1, -0.05) is 0 Å². The van der Waals surface area contributed by atoms with Crippen LogP contribution in [0.4, 0.5) is 5.82 Å². The number of esters is 1. The topological polar surface area (TPSA) is 79.4 Å². The molecule has 1 aromatic heterocycles. The van der Waals surface area contributed by atoms with Gasteiger partial charge in [-0.3, -0.25) is 0 Å². The van der Waals surface area contributed by atoms with Crippen molar-refractivity contribution in [2.45, 2.75) is 37.6 Å². The van der Waals surface area contributed by atoms with Crippen molar-refractivity contribution in [1.29, 1.82) is 0 Å². The zero-order valence-electron chi connectivity index (χ0n) is 11.1. The second-order valence-corrected chi connectivity index (χ2v) is 5.20. The first-order valence-electron chi connectivity index (χ1n) is 6.76. The van der Waals surface area contributed by atoms with E-state index in [1.54, 1.807) is 0 Å². The third-order valence-corrected chi connectivity index (χ3v) is 3.89. The van der Waals surface area contributed by atoms with E-state index in [9.17, 15) is 4.79 Å². The van der Waals surface area contributed by atoms with Gasteiger partial charge in [-0.25, -0.2) is 9.48 Å². The molecule has 0 bridgehead atoms. The monoisotopic (exact) mass is 265 g/mol. The Labute approximate surface area is 111 Å². The minimum absolute atomic E-state index is 0.227. The Morgan fingerprint density at radius 3 is 2.63 bits per heavy atom. The van der Waals surface area contributed by atoms with Crippen LogP contribution in [0.25, 0.3) is 0 Å². The Morgan fingerprint density at radius 2 is 2.05 bits per heavy atom. The molecule has 3 rings (SSSR count). The number of rotatable bonds is 3. The van der Waals surface area contributed by atoms with Gasteiger partial charge in [-0.05, 0) is 31.6 Å². The molecule has 1 aromatic rings. The molecule has 1 aliphatic carbocycles. The molecule has 19 heavy (non-hydrogen) atoms. The zero-order chi connectivity index (χ0) is 13.4. The van der Waals surface area contributed by atoms with Gasteiger partial charge in [0.2, 0.25) is 0 Å². The van der Waals surface area contributed by atoms with Crippen molar-refractivity contribution < 1.29 is 14.3 Å². The first kappa shape index (κ1) is 12.5. The van der Waals surface area contributed by atoms with Crippen LogP contribution in [0, 0.1) is 0 Å². The van der Waals surface area contributed by atoms with Crippen molar-refractivity contribution >= 4 is 11.8 Å². The maximum absolute atomic E-state index is 11.8. The third-order valence-electron chi connectivity index (χ3n) is 3.89. The molecule has 6 heteroatoms. The smallest absolute Gasteiger partial charge is 0.358 e. The van der Waals surface area contributed by atoms with Gasteiger partial charge < -0.3 is 15.2 Å². The lowest BCUT2D eigenvalue weighted by Gasteiger charge is -2.23. The van der Waals surface area contributed by atoms with E-state index < -0.39 is 0 Å². The summed E-state index contributed by atoms with van der Waals surface area (Å²) in [6, 6.07) is 0.227. The van der Waals surface area contributed by atoms with E-state index in [1.807, 2.05) is 4.68 Å². The van der Waals surface area contributed by atoms with Crippen molar-refractivity contribution in [3.8, 4) is 0 Å². The van der Waals surface area contributed by atoms with E-state index >= 15 is 0 Å². The third kappa shape index (κ3) is 2.20. The number of aromatic nitrogens is 2. The summed E-state index contributed by atoms with van der Waals surface area (Å²) >= 11 is 0. The van der Waals surface area contributed by atoms with Crippen molar-refractivity contribution in [3.05, 3.63) is 11.3 Å². The second-order valence-electron chi connectivity index (χ2n) is 5.20. The van der Waals surface area contributed by atoms with E-state index in [4.69, 9.17) is 15.2 Å². The maximum Gasteiger partial charge on any atom is 0.358 e. The largest absolute Gasteiger partial charge is 0.464 e. The molecule has 2 aliphatic rings. The summed E-state index contributed by atoms with van der Waals surface area (Å²) in [5.74, 6) is 0.622. The molecular formula is C13H19N3O3. The average Bonchev–Trinajstić information content (AvgIpc) is 3.22. The van der Waals surface area contributed by atoms with Gasteiger partial charge in [0.25, 0.3) is 0 Å². The van der Waals surface area contributed by atoms with Crippen LogP contribution in [-0.2, 0) is 9.47 Å². The lowest BCUT2D eigenvalue weighted by molar-refractivity contribution is 0.0582. The van der Waals surface area contributed by atoms with Gasteiger partial charge >= 0.3 is 5.97 Å². The van der Waals surface area contributed by atoms with E-state index in [0.29, 0.717) is 17.4 Å². The van der Waals surface area contributed by atoms with E-state index in [2.05, 4.69) is 5.10 Å². The van der Waals surface area contributed by atoms with Crippen LogP contribution >= 0.6 is 0 Å². The Bertz CT molecular complexity index is 488. The number of hydrogen-bond donors (Lipinski definition) is 1. The summed E-state index contributed by atoms with van der Waals surface area (Å²) in [5.41, 5.74) is 7.50. The molecule has 0 aromatic carbocycles. The molecular weight excluding hydrogens is 246 g/mol. The summed E-state index contributed by atoms with van der Waals surface area (Å²) in [6.07, 6.45) is 3.93. The average molecular weight is 265 g/mol. The van der Waals surface area contributed by atoms with E-state index in [-0.39, 0.29) is 12.0 Å². The van der Waals surface area contributed by atoms with Gasteiger partial charge in [-0.15, -0.1) is 0 Å². The van der Waals surface area contributed by atoms with E-state index in [0.717, 1.165) is 44.5 Å². The molecule has 0 spiro atoms. The number of nitrogens with zero attached hydrogens (tertiary/aromatic N) is 2. The predicted octanol–water partition coefficient (Wildman–Crippen LogP) is 1.48.